The van der Waals surface area contributed by atoms with Crippen molar-refractivity contribution < 1.29 is 9.53 Å². The summed E-state index contributed by atoms with van der Waals surface area (Å²) in [4.78, 5) is 14.6. The molecule has 110 valence electrons. The van der Waals surface area contributed by atoms with E-state index in [2.05, 4.69) is 27.8 Å². The first kappa shape index (κ1) is 15.5. The Balaban J connectivity index is 1.99. The second-order valence-electron chi connectivity index (χ2n) is 5.42. The van der Waals surface area contributed by atoms with Crippen molar-refractivity contribution in [2.45, 2.75) is 26.2 Å². The van der Waals surface area contributed by atoms with Gasteiger partial charge in [-0.25, -0.2) is 0 Å². The number of ketones is 1. The SMILES string of the molecule is CCC1CCCN(CC(=O)c2ccc(OC)c(Br)c2)C1. The summed E-state index contributed by atoms with van der Waals surface area (Å²) in [5.41, 5.74) is 0.747. The molecule has 0 saturated carbocycles. The number of hydrogen-bond acceptors (Lipinski definition) is 3. The van der Waals surface area contributed by atoms with E-state index in [1.807, 2.05) is 18.2 Å². The van der Waals surface area contributed by atoms with E-state index >= 15 is 0 Å². The Bertz CT molecular complexity index is 476. The Morgan fingerprint density at radius 2 is 2.30 bits per heavy atom. The predicted molar refractivity (Wildman–Crippen MR) is 84.5 cm³/mol. The monoisotopic (exact) mass is 339 g/mol. The highest BCUT2D eigenvalue weighted by molar-refractivity contribution is 9.10. The van der Waals surface area contributed by atoms with Crippen LogP contribution in [0.15, 0.2) is 22.7 Å². The van der Waals surface area contributed by atoms with Crippen LogP contribution in [0.5, 0.6) is 5.75 Å². The highest BCUT2D eigenvalue weighted by atomic mass is 79.9. The molecule has 0 amide bonds. The maximum Gasteiger partial charge on any atom is 0.176 e. The molecule has 1 heterocycles. The number of ether oxygens (including phenoxy) is 1. The third-order valence-electron chi connectivity index (χ3n) is 4.02. The van der Waals surface area contributed by atoms with Crippen molar-refractivity contribution in [2.24, 2.45) is 5.92 Å². The fourth-order valence-electron chi connectivity index (χ4n) is 2.76. The van der Waals surface area contributed by atoms with Crippen LogP contribution in [0.1, 0.15) is 36.5 Å². The summed E-state index contributed by atoms with van der Waals surface area (Å²) in [5, 5.41) is 0. The van der Waals surface area contributed by atoms with Gasteiger partial charge in [-0.1, -0.05) is 13.3 Å². The molecule has 0 aliphatic carbocycles. The van der Waals surface area contributed by atoms with E-state index in [1.165, 1.54) is 19.3 Å². The van der Waals surface area contributed by atoms with Crippen LogP contribution in [0.3, 0.4) is 0 Å². The zero-order valence-corrected chi connectivity index (χ0v) is 13.8. The van der Waals surface area contributed by atoms with Crippen LogP contribution < -0.4 is 4.74 Å². The standard InChI is InChI=1S/C16H22BrNO2/c1-3-12-5-4-8-18(10-12)11-15(19)13-6-7-16(20-2)14(17)9-13/h6-7,9,12H,3-5,8,10-11H2,1-2H3. The number of hydrogen-bond donors (Lipinski definition) is 0. The Hall–Kier alpha value is -0.870. The molecule has 1 aliphatic heterocycles. The van der Waals surface area contributed by atoms with E-state index in [-0.39, 0.29) is 5.78 Å². The smallest absolute Gasteiger partial charge is 0.176 e. The molecule has 0 bridgehead atoms. The third kappa shape index (κ3) is 3.83. The van der Waals surface area contributed by atoms with E-state index in [1.54, 1.807) is 7.11 Å². The molecule has 1 unspecified atom stereocenters. The maximum atomic E-state index is 12.4. The van der Waals surface area contributed by atoms with Gasteiger partial charge in [-0.05, 0) is 59.4 Å². The van der Waals surface area contributed by atoms with Gasteiger partial charge >= 0.3 is 0 Å². The zero-order valence-electron chi connectivity index (χ0n) is 12.2. The summed E-state index contributed by atoms with van der Waals surface area (Å²) in [6.45, 7) is 4.85. The van der Waals surface area contributed by atoms with Crippen molar-refractivity contribution in [1.29, 1.82) is 0 Å². The lowest BCUT2D eigenvalue weighted by Gasteiger charge is -2.31. The fourth-order valence-corrected chi connectivity index (χ4v) is 3.30. The van der Waals surface area contributed by atoms with Gasteiger partial charge in [0.25, 0.3) is 0 Å². The highest BCUT2D eigenvalue weighted by Gasteiger charge is 2.21. The van der Waals surface area contributed by atoms with Gasteiger partial charge in [0.2, 0.25) is 0 Å². The normalized spacial score (nSPS) is 19.9. The van der Waals surface area contributed by atoms with Crippen molar-refractivity contribution in [3.8, 4) is 5.75 Å². The lowest BCUT2D eigenvalue weighted by atomic mass is 9.95. The predicted octanol–water partition coefficient (Wildman–Crippen LogP) is 3.76. The summed E-state index contributed by atoms with van der Waals surface area (Å²) in [6, 6.07) is 5.53. The van der Waals surface area contributed by atoms with Crippen molar-refractivity contribution in [3.63, 3.8) is 0 Å². The number of rotatable bonds is 5. The minimum atomic E-state index is 0.185. The Labute approximate surface area is 129 Å². The molecule has 1 aromatic carbocycles. The summed E-state index contributed by atoms with van der Waals surface area (Å²) in [5.74, 6) is 1.69. The van der Waals surface area contributed by atoms with Crippen LogP contribution in [-0.2, 0) is 0 Å². The van der Waals surface area contributed by atoms with Crippen molar-refractivity contribution in [3.05, 3.63) is 28.2 Å². The van der Waals surface area contributed by atoms with Crippen molar-refractivity contribution in [2.75, 3.05) is 26.7 Å². The van der Waals surface area contributed by atoms with Crippen LogP contribution in [-0.4, -0.2) is 37.4 Å². The summed E-state index contributed by atoms with van der Waals surface area (Å²) >= 11 is 3.43. The fraction of sp³-hybridized carbons (Fsp3) is 0.562. The number of Topliss-reactive ketones (excluding diaryl/α,β-unsaturated/α-hetero) is 1. The Kier molecular flexibility index (Phi) is 5.61. The minimum absolute atomic E-state index is 0.185. The number of halogens is 1. The number of carbonyl (C=O) groups is 1. The van der Waals surface area contributed by atoms with Crippen molar-refractivity contribution in [1.82, 2.24) is 4.90 Å². The molecule has 4 heteroatoms. The molecular weight excluding hydrogens is 318 g/mol. The molecule has 2 rings (SSSR count). The third-order valence-corrected chi connectivity index (χ3v) is 4.64. The van der Waals surface area contributed by atoms with Crippen LogP contribution in [0, 0.1) is 5.92 Å². The molecule has 1 aliphatic rings. The van der Waals surface area contributed by atoms with Gasteiger partial charge in [-0.2, -0.15) is 0 Å². The molecule has 1 atom stereocenters. The molecule has 1 aromatic rings. The topological polar surface area (TPSA) is 29.5 Å². The molecule has 1 saturated heterocycles. The van der Waals surface area contributed by atoms with Gasteiger partial charge in [-0.15, -0.1) is 0 Å². The number of nitrogens with zero attached hydrogens (tertiary/aromatic N) is 1. The van der Waals surface area contributed by atoms with E-state index in [4.69, 9.17) is 4.74 Å². The molecular formula is C16H22BrNO2. The Morgan fingerprint density at radius 1 is 1.50 bits per heavy atom. The molecule has 0 N–H and O–H groups in total. The first-order valence-corrected chi connectivity index (χ1v) is 8.02. The van der Waals surface area contributed by atoms with Crippen molar-refractivity contribution >= 4 is 21.7 Å². The first-order chi connectivity index (χ1) is 9.63. The summed E-state index contributed by atoms with van der Waals surface area (Å²) < 4.78 is 6.02. The lowest BCUT2D eigenvalue weighted by Crippen LogP contribution is -2.38. The average Bonchev–Trinajstić information content (AvgIpc) is 2.47. The van der Waals surface area contributed by atoms with E-state index in [0.717, 1.165) is 34.8 Å². The minimum Gasteiger partial charge on any atom is -0.496 e. The first-order valence-electron chi connectivity index (χ1n) is 7.23. The van der Waals surface area contributed by atoms with E-state index in [0.29, 0.717) is 6.54 Å². The maximum absolute atomic E-state index is 12.4. The second kappa shape index (κ2) is 7.23. The van der Waals surface area contributed by atoms with Gasteiger partial charge < -0.3 is 4.74 Å². The van der Waals surface area contributed by atoms with Gasteiger partial charge in [0.1, 0.15) is 5.75 Å². The van der Waals surface area contributed by atoms with Gasteiger partial charge in [0, 0.05) is 12.1 Å². The summed E-state index contributed by atoms with van der Waals surface area (Å²) in [6.07, 6.45) is 3.71. The number of carbonyl (C=O) groups excluding carboxylic acids is 1. The van der Waals surface area contributed by atoms with Gasteiger partial charge in [0.15, 0.2) is 5.78 Å². The average molecular weight is 340 g/mol. The molecule has 0 spiro atoms. The number of likely N-dealkylation sites (tertiary alicyclic amines) is 1. The van der Waals surface area contributed by atoms with Crippen LogP contribution in [0.4, 0.5) is 0 Å². The molecule has 0 radical (unpaired) electrons. The number of benzene rings is 1. The molecule has 1 fully saturated rings. The van der Waals surface area contributed by atoms with Crippen LogP contribution in [0.2, 0.25) is 0 Å². The zero-order chi connectivity index (χ0) is 14.5. The largest absolute Gasteiger partial charge is 0.496 e. The van der Waals surface area contributed by atoms with Gasteiger partial charge in [-0.3, -0.25) is 9.69 Å². The second-order valence-corrected chi connectivity index (χ2v) is 6.28. The number of methoxy groups -OCH3 is 1. The molecule has 0 aromatic heterocycles. The van der Waals surface area contributed by atoms with Crippen LogP contribution in [0.25, 0.3) is 0 Å². The van der Waals surface area contributed by atoms with E-state index < -0.39 is 0 Å². The molecule has 20 heavy (non-hydrogen) atoms. The molecule has 3 nitrogen and oxygen atoms in total. The summed E-state index contributed by atoms with van der Waals surface area (Å²) in [7, 11) is 1.63. The van der Waals surface area contributed by atoms with Gasteiger partial charge in [0.05, 0.1) is 18.1 Å². The lowest BCUT2D eigenvalue weighted by molar-refractivity contribution is 0.0884. The van der Waals surface area contributed by atoms with E-state index in [9.17, 15) is 4.79 Å². The number of piperidine rings is 1. The Morgan fingerprint density at radius 3 is 2.95 bits per heavy atom. The van der Waals surface area contributed by atoms with Crippen LogP contribution >= 0.6 is 15.9 Å². The highest BCUT2D eigenvalue weighted by Crippen LogP contribution is 2.26. The quantitative estimate of drug-likeness (QED) is 0.765.